The highest BCUT2D eigenvalue weighted by atomic mass is 28.3. The summed E-state index contributed by atoms with van der Waals surface area (Å²) in [6.45, 7) is 5.44. The van der Waals surface area contributed by atoms with E-state index in [-0.39, 0.29) is 5.91 Å². The van der Waals surface area contributed by atoms with Gasteiger partial charge in [0.05, 0.1) is 0 Å². The number of hydrogen-bond acceptors (Lipinski definition) is 4. The van der Waals surface area contributed by atoms with E-state index in [2.05, 4.69) is 17.6 Å². The van der Waals surface area contributed by atoms with Gasteiger partial charge in [-0.1, -0.05) is 13.0 Å². The van der Waals surface area contributed by atoms with Crippen LogP contribution in [0.15, 0.2) is 0 Å². The molecule has 2 unspecified atom stereocenters. The Morgan fingerprint density at radius 2 is 2.07 bits per heavy atom. The fourth-order valence-electron chi connectivity index (χ4n) is 2.09. The second-order valence-corrected chi connectivity index (χ2v) is 7.17. The Morgan fingerprint density at radius 3 is 2.50 bits per heavy atom. The summed E-state index contributed by atoms with van der Waals surface area (Å²) < 4.78 is 10.8. The van der Waals surface area contributed by atoms with Crippen LogP contribution in [0, 0.1) is 0 Å². The zero-order chi connectivity index (χ0) is 10.4. The number of hydrogen-bond donors (Lipinski definition) is 2. The third kappa shape index (κ3) is 3.03. The molecule has 0 aromatic rings. The van der Waals surface area contributed by atoms with Crippen molar-refractivity contribution in [2.75, 3.05) is 33.9 Å². The minimum Gasteiger partial charge on any atom is -0.360 e. The van der Waals surface area contributed by atoms with Crippen molar-refractivity contribution in [1.82, 2.24) is 10.6 Å². The van der Waals surface area contributed by atoms with Crippen LogP contribution < -0.4 is 10.6 Å². The summed E-state index contributed by atoms with van der Waals surface area (Å²) >= 11 is 0. The fraction of sp³-hybridized carbons (Fsp3) is 1.00. The van der Waals surface area contributed by atoms with Crippen LogP contribution in [-0.2, 0) is 9.47 Å². The van der Waals surface area contributed by atoms with Gasteiger partial charge in [-0.2, -0.15) is 0 Å². The third-order valence-corrected chi connectivity index (χ3v) is 6.57. The lowest BCUT2D eigenvalue weighted by molar-refractivity contribution is -0.0486. The SMILES string of the molecule is CC[SiH](C1CNCCN1)C(OC)OC. The van der Waals surface area contributed by atoms with E-state index in [0.29, 0.717) is 5.67 Å². The first-order valence-corrected chi connectivity index (χ1v) is 7.48. The first kappa shape index (κ1) is 12.1. The van der Waals surface area contributed by atoms with Crippen LogP contribution in [0.4, 0.5) is 0 Å². The summed E-state index contributed by atoms with van der Waals surface area (Å²) in [5.74, 6) is 0.0393. The standard InChI is InChI=1S/C9H22N2O2Si/c1-4-14(9(12-2)13-3)8-7-10-5-6-11-8/h8-11,14H,4-7H2,1-3H3. The summed E-state index contributed by atoms with van der Waals surface area (Å²) in [5, 5.41) is 6.97. The zero-order valence-electron chi connectivity index (χ0n) is 9.38. The largest absolute Gasteiger partial charge is 0.360 e. The molecule has 2 N–H and O–H groups in total. The third-order valence-electron chi connectivity index (χ3n) is 2.87. The molecule has 0 amide bonds. The van der Waals surface area contributed by atoms with Crippen molar-refractivity contribution in [3.63, 3.8) is 0 Å². The lowest BCUT2D eigenvalue weighted by atomic mass is 10.4. The molecule has 0 aromatic carbocycles. The molecule has 14 heavy (non-hydrogen) atoms. The second-order valence-electron chi connectivity index (χ2n) is 3.68. The van der Waals surface area contributed by atoms with E-state index < -0.39 is 8.80 Å². The van der Waals surface area contributed by atoms with Gasteiger partial charge in [-0.15, -0.1) is 0 Å². The molecule has 1 aliphatic rings. The molecule has 1 saturated heterocycles. The van der Waals surface area contributed by atoms with Crippen molar-refractivity contribution < 1.29 is 9.47 Å². The highest BCUT2D eigenvalue weighted by Gasteiger charge is 2.30. The van der Waals surface area contributed by atoms with E-state index in [1.807, 2.05) is 0 Å². The molecule has 1 aliphatic heterocycles. The van der Waals surface area contributed by atoms with E-state index in [1.165, 1.54) is 6.04 Å². The Hall–Kier alpha value is 0.0569. The normalized spacial score (nSPS) is 25.3. The molecule has 1 heterocycles. The van der Waals surface area contributed by atoms with Gasteiger partial charge < -0.3 is 20.1 Å². The van der Waals surface area contributed by atoms with Gasteiger partial charge in [0.2, 0.25) is 0 Å². The Kier molecular flexibility index (Phi) is 5.65. The van der Waals surface area contributed by atoms with Gasteiger partial charge in [0.25, 0.3) is 0 Å². The van der Waals surface area contributed by atoms with Crippen LogP contribution in [-0.4, -0.2) is 54.2 Å². The second kappa shape index (κ2) is 6.52. The van der Waals surface area contributed by atoms with Gasteiger partial charge in [-0.05, 0) is 0 Å². The topological polar surface area (TPSA) is 42.5 Å². The Morgan fingerprint density at radius 1 is 1.36 bits per heavy atom. The summed E-state index contributed by atoms with van der Waals surface area (Å²) in [5.41, 5.74) is 0.596. The maximum Gasteiger partial charge on any atom is 0.139 e. The van der Waals surface area contributed by atoms with Crippen molar-refractivity contribution in [1.29, 1.82) is 0 Å². The fourth-order valence-corrected chi connectivity index (χ4v) is 5.06. The van der Waals surface area contributed by atoms with E-state index in [4.69, 9.17) is 9.47 Å². The van der Waals surface area contributed by atoms with Gasteiger partial charge in [-0.25, -0.2) is 0 Å². The van der Waals surface area contributed by atoms with Gasteiger partial charge in [0.15, 0.2) is 0 Å². The molecular formula is C9H22N2O2Si. The van der Waals surface area contributed by atoms with Gasteiger partial charge >= 0.3 is 0 Å². The van der Waals surface area contributed by atoms with E-state index in [9.17, 15) is 0 Å². The van der Waals surface area contributed by atoms with Crippen molar-refractivity contribution >= 4 is 8.80 Å². The maximum absolute atomic E-state index is 5.38. The van der Waals surface area contributed by atoms with Crippen molar-refractivity contribution in [2.24, 2.45) is 0 Å². The molecule has 0 saturated carbocycles. The van der Waals surface area contributed by atoms with E-state index in [0.717, 1.165) is 19.6 Å². The van der Waals surface area contributed by atoms with Crippen LogP contribution in [0.5, 0.6) is 0 Å². The van der Waals surface area contributed by atoms with Crippen LogP contribution in [0.2, 0.25) is 6.04 Å². The summed E-state index contributed by atoms with van der Waals surface area (Å²) in [4.78, 5) is 0. The highest BCUT2D eigenvalue weighted by molar-refractivity contribution is 6.61. The Labute approximate surface area is 88.0 Å². The zero-order valence-corrected chi connectivity index (χ0v) is 10.5. The van der Waals surface area contributed by atoms with Crippen molar-refractivity contribution in [3.8, 4) is 0 Å². The van der Waals surface area contributed by atoms with Crippen molar-refractivity contribution in [2.45, 2.75) is 24.5 Å². The van der Waals surface area contributed by atoms with Crippen LogP contribution in [0.3, 0.4) is 0 Å². The molecule has 0 aromatic heterocycles. The number of methoxy groups -OCH3 is 2. The first-order valence-electron chi connectivity index (χ1n) is 5.33. The quantitative estimate of drug-likeness (QED) is 0.482. The average Bonchev–Trinajstić information content (AvgIpc) is 2.27. The molecule has 1 fully saturated rings. The Balaban J connectivity index is 2.49. The Bertz CT molecular complexity index is 150. The molecule has 84 valence electrons. The van der Waals surface area contributed by atoms with E-state index in [1.54, 1.807) is 14.2 Å². The highest BCUT2D eigenvalue weighted by Crippen LogP contribution is 2.08. The van der Waals surface area contributed by atoms with Gasteiger partial charge in [0.1, 0.15) is 14.7 Å². The minimum atomic E-state index is -1.03. The molecule has 0 aliphatic carbocycles. The number of nitrogens with one attached hydrogen (secondary N) is 2. The van der Waals surface area contributed by atoms with E-state index >= 15 is 0 Å². The van der Waals surface area contributed by atoms with Gasteiger partial charge in [-0.3, -0.25) is 0 Å². The molecule has 0 spiro atoms. The summed E-state index contributed by atoms with van der Waals surface area (Å²) in [6, 6.07) is 1.20. The van der Waals surface area contributed by atoms with Crippen molar-refractivity contribution in [3.05, 3.63) is 0 Å². The van der Waals surface area contributed by atoms with Gasteiger partial charge in [0, 0.05) is 39.5 Å². The monoisotopic (exact) mass is 218 g/mol. The number of piperazine rings is 1. The maximum atomic E-state index is 5.38. The molecule has 5 heteroatoms. The van der Waals surface area contributed by atoms with Crippen LogP contribution in [0.1, 0.15) is 6.92 Å². The van der Waals surface area contributed by atoms with Crippen LogP contribution in [0.25, 0.3) is 0 Å². The molecule has 0 bridgehead atoms. The first-order chi connectivity index (χ1) is 6.83. The lowest BCUT2D eigenvalue weighted by Gasteiger charge is -2.33. The summed E-state index contributed by atoms with van der Waals surface area (Å²) in [6.07, 6.45) is 0. The van der Waals surface area contributed by atoms with Crippen LogP contribution >= 0.6 is 0 Å². The number of rotatable bonds is 5. The molecule has 1 rings (SSSR count). The molecule has 2 atom stereocenters. The molecule has 4 nitrogen and oxygen atoms in total. The summed E-state index contributed by atoms with van der Waals surface area (Å²) in [7, 11) is 2.45. The lowest BCUT2D eigenvalue weighted by Crippen LogP contribution is -2.59. The number of ether oxygens (including phenoxy) is 2. The molecule has 0 radical (unpaired) electrons. The average molecular weight is 218 g/mol. The predicted molar refractivity (Wildman–Crippen MR) is 60.1 cm³/mol. The predicted octanol–water partition coefficient (Wildman–Crippen LogP) is -0.508. The molecular weight excluding hydrogens is 196 g/mol. The smallest absolute Gasteiger partial charge is 0.139 e. The minimum absolute atomic E-state index is 0.0393.